The largest absolute Gasteiger partial charge is 0.343 e. The summed E-state index contributed by atoms with van der Waals surface area (Å²) in [6.07, 6.45) is 1.23. The zero-order chi connectivity index (χ0) is 15.8. The Labute approximate surface area is 124 Å². The number of pyridine rings is 1. The van der Waals surface area contributed by atoms with E-state index >= 15 is 0 Å². The minimum atomic E-state index is -3.80. The lowest BCUT2D eigenvalue weighted by molar-refractivity contribution is -0.142. The van der Waals surface area contributed by atoms with Crippen LogP contribution in [0, 0.1) is 0 Å². The van der Waals surface area contributed by atoms with Crippen LogP contribution in [0.2, 0.25) is 0 Å². The number of hydrogen-bond acceptors (Lipinski definition) is 6. The number of rotatable bonds is 3. The zero-order valence-electron chi connectivity index (χ0n) is 12.2. The van der Waals surface area contributed by atoms with Crippen molar-refractivity contribution in [2.75, 3.05) is 25.6 Å². The van der Waals surface area contributed by atoms with Gasteiger partial charge in [0.1, 0.15) is 16.3 Å². The minimum Gasteiger partial charge on any atom is -0.343 e. The fraction of sp³-hybridized carbons (Fsp3) is 0.500. The number of aromatic nitrogens is 1. The van der Waals surface area contributed by atoms with Gasteiger partial charge in [0, 0.05) is 26.3 Å². The van der Waals surface area contributed by atoms with Gasteiger partial charge in [0.15, 0.2) is 0 Å². The van der Waals surface area contributed by atoms with Gasteiger partial charge in [-0.2, -0.15) is 4.31 Å². The Morgan fingerprint density at radius 1 is 1.33 bits per heavy atom. The second kappa shape index (κ2) is 5.24. The molecule has 0 atom stereocenters. The van der Waals surface area contributed by atoms with Crippen LogP contribution in [0.1, 0.15) is 13.8 Å². The number of nitrogen functional groups attached to an aromatic ring is 1. The normalized spacial score (nSPS) is 19.6. The molecule has 1 aliphatic rings. The molecule has 0 aliphatic carbocycles. The van der Waals surface area contributed by atoms with E-state index in [1.807, 2.05) is 0 Å². The summed E-state index contributed by atoms with van der Waals surface area (Å²) < 4.78 is 26.7. The number of sulfonamides is 1. The highest BCUT2D eigenvalue weighted by atomic mass is 32.2. The number of anilines is 1. The van der Waals surface area contributed by atoms with Gasteiger partial charge in [-0.25, -0.2) is 19.2 Å². The summed E-state index contributed by atoms with van der Waals surface area (Å²) in [7, 11) is -2.13. The quantitative estimate of drug-likeness (QED) is 0.581. The van der Waals surface area contributed by atoms with Crippen molar-refractivity contribution in [2.24, 2.45) is 5.84 Å². The van der Waals surface area contributed by atoms with Crippen LogP contribution in [0.5, 0.6) is 0 Å². The summed E-state index contributed by atoms with van der Waals surface area (Å²) in [6.45, 7) is 3.81. The van der Waals surface area contributed by atoms with Crippen molar-refractivity contribution in [1.29, 1.82) is 0 Å². The second-order valence-electron chi connectivity index (χ2n) is 5.39. The SMILES string of the molecule is CN1CCN(S(=O)(=O)c2ccc(NN)nc2)C(C)(C)C1=O. The van der Waals surface area contributed by atoms with E-state index in [4.69, 9.17) is 5.84 Å². The van der Waals surface area contributed by atoms with Crippen LogP contribution in [0.4, 0.5) is 5.82 Å². The highest BCUT2D eigenvalue weighted by molar-refractivity contribution is 7.89. The molecular formula is C12H19N5O3S. The van der Waals surface area contributed by atoms with Gasteiger partial charge < -0.3 is 10.3 Å². The van der Waals surface area contributed by atoms with E-state index in [9.17, 15) is 13.2 Å². The predicted molar refractivity (Wildman–Crippen MR) is 77.7 cm³/mol. The number of nitrogens with zero attached hydrogens (tertiary/aromatic N) is 3. The molecule has 0 saturated carbocycles. The number of hydrogen-bond donors (Lipinski definition) is 2. The predicted octanol–water partition coefficient (Wildman–Crippen LogP) is -0.391. The number of nitrogens with two attached hydrogens (primary N) is 1. The molecule has 0 aromatic carbocycles. The van der Waals surface area contributed by atoms with Crippen molar-refractivity contribution in [3.63, 3.8) is 0 Å². The molecule has 0 bridgehead atoms. The van der Waals surface area contributed by atoms with Gasteiger partial charge in [0.05, 0.1) is 0 Å². The summed E-state index contributed by atoms with van der Waals surface area (Å²) in [6, 6.07) is 2.88. The van der Waals surface area contributed by atoms with Crippen molar-refractivity contribution < 1.29 is 13.2 Å². The molecule has 116 valence electrons. The maximum absolute atomic E-state index is 12.7. The number of nitrogens with one attached hydrogen (secondary N) is 1. The van der Waals surface area contributed by atoms with Crippen LogP contribution in [0.25, 0.3) is 0 Å². The molecular weight excluding hydrogens is 294 g/mol. The van der Waals surface area contributed by atoms with Crippen LogP contribution >= 0.6 is 0 Å². The molecule has 1 aromatic heterocycles. The number of likely N-dealkylation sites (N-methyl/N-ethyl adjacent to an activating group) is 1. The molecule has 1 aliphatic heterocycles. The Kier molecular flexibility index (Phi) is 3.91. The highest BCUT2D eigenvalue weighted by Crippen LogP contribution is 2.28. The maximum Gasteiger partial charge on any atom is 0.245 e. The lowest BCUT2D eigenvalue weighted by Crippen LogP contribution is -2.63. The topological polar surface area (TPSA) is 109 Å². The number of amides is 1. The van der Waals surface area contributed by atoms with Crippen LogP contribution in [-0.2, 0) is 14.8 Å². The minimum absolute atomic E-state index is 0.0342. The lowest BCUT2D eigenvalue weighted by Gasteiger charge is -2.43. The van der Waals surface area contributed by atoms with E-state index in [1.54, 1.807) is 20.9 Å². The van der Waals surface area contributed by atoms with E-state index in [0.717, 1.165) is 0 Å². The Bertz CT molecular complexity index is 641. The summed E-state index contributed by atoms with van der Waals surface area (Å²) in [5.74, 6) is 5.34. The molecule has 3 N–H and O–H groups in total. The fourth-order valence-corrected chi connectivity index (χ4v) is 4.04. The van der Waals surface area contributed by atoms with Crippen LogP contribution in [-0.4, -0.2) is 54.2 Å². The van der Waals surface area contributed by atoms with Gasteiger partial charge in [-0.3, -0.25) is 4.79 Å². The van der Waals surface area contributed by atoms with Gasteiger partial charge >= 0.3 is 0 Å². The molecule has 0 radical (unpaired) electrons. The van der Waals surface area contributed by atoms with Crippen molar-refractivity contribution in [2.45, 2.75) is 24.3 Å². The lowest BCUT2D eigenvalue weighted by atomic mass is 10.0. The van der Waals surface area contributed by atoms with E-state index in [1.165, 1.54) is 27.5 Å². The van der Waals surface area contributed by atoms with Gasteiger partial charge in [-0.05, 0) is 26.0 Å². The third-order valence-electron chi connectivity index (χ3n) is 3.60. The Morgan fingerprint density at radius 3 is 2.52 bits per heavy atom. The Balaban J connectivity index is 2.40. The summed E-state index contributed by atoms with van der Waals surface area (Å²) in [5, 5.41) is 0. The first-order valence-corrected chi connectivity index (χ1v) is 7.86. The number of carbonyl (C=O) groups is 1. The first-order valence-electron chi connectivity index (χ1n) is 6.42. The van der Waals surface area contributed by atoms with E-state index < -0.39 is 15.6 Å². The van der Waals surface area contributed by atoms with Crippen molar-refractivity contribution in [1.82, 2.24) is 14.2 Å². The molecule has 9 heteroatoms. The first-order chi connectivity index (χ1) is 9.71. The average Bonchev–Trinajstić information content (AvgIpc) is 2.44. The van der Waals surface area contributed by atoms with Gasteiger partial charge in [-0.1, -0.05) is 0 Å². The van der Waals surface area contributed by atoms with Crippen molar-refractivity contribution in [3.05, 3.63) is 18.3 Å². The van der Waals surface area contributed by atoms with Crippen LogP contribution in [0.3, 0.4) is 0 Å². The third kappa shape index (κ3) is 2.59. The van der Waals surface area contributed by atoms with Gasteiger partial charge in [0.25, 0.3) is 0 Å². The molecule has 0 spiro atoms. The van der Waals surface area contributed by atoms with Crippen LogP contribution < -0.4 is 11.3 Å². The van der Waals surface area contributed by atoms with Crippen LogP contribution in [0.15, 0.2) is 23.2 Å². The molecule has 1 fully saturated rings. The molecule has 1 aromatic rings. The standard InChI is InChI=1S/C12H19N5O3S/c1-12(2)11(18)16(3)6-7-17(12)21(19,20)9-4-5-10(15-13)14-8-9/h4-5,8H,6-7,13H2,1-3H3,(H,14,15). The molecule has 2 rings (SSSR count). The van der Waals surface area contributed by atoms with E-state index in [0.29, 0.717) is 12.4 Å². The van der Waals surface area contributed by atoms with E-state index in [-0.39, 0.29) is 17.3 Å². The second-order valence-corrected chi connectivity index (χ2v) is 7.25. The smallest absolute Gasteiger partial charge is 0.245 e. The molecule has 21 heavy (non-hydrogen) atoms. The molecule has 2 heterocycles. The van der Waals surface area contributed by atoms with Crippen molar-refractivity contribution in [3.8, 4) is 0 Å². The average molecular weight is 313 g/mol. The van der Waals surface area contributed by atoms with Gasteiger partial charge in [-0.15, -0.1) is 0 Å². The summed E-state index contributed by atoms with van der Waals surface area (Å²) >= 11 is 0. The molecule has 1 amide bonds. The van der Waals surface area contributed by atoms with Gasteiger partial charge in [0.2, 0.25) is 15.9 Å². The third-order valence-corrected chi connectivity index (χ3v) is 5.66. The molecule has 1 saturated heterocycles. The zero-order valence-corrected chi connectivity index (χ0v) is 13.0. The first kappa shape index (κ1) is 15.7. The number of piperazine rings is 1. The highest BCUT2D eigenvalue weighted by Gasteiger charge is 2.46. The molecule has 0 unspecified atom stereocenters. The Morgan fingerprint density at radius 2 is 2.00 bits per heavy atom. The Hall–Kier alpha value is -1.71. The number of carbonyl (C=O) groups excluding carboxylic acids is 1. The summed E-state index contributed by atoms with van der Waals surface area (Å²) in [4.78, 5) is 17.7. The molecule has 8 nitrogen and oxygen atoms in total. The van der Waals surface area contributed by atoms with E-state index in [2.05, 4.69) is 10.4 Å². The summed E-state index contributed by atoms with van der Waals surface area (Å²) in [5.41, 5.74) is 1.21. The monoisotopic (exact) mass is 313 g/mol. The maximum atomic E-state index is 12.7. The number of hydrazine groups is 1. The fourth-order valence-electron chi connectivity index (χ4n) is 2.36. The van der Waals surface area contributed by atoms with Crippen molar-refractivity contribution >= 4 is 21.7 Å².